The highest BCUT2D eigenvalue weighted by Crippen LogP contribution is 2.15. The van der Waals surface area contributed by atoms with E-state index in [4.69, 9.17) is 5.11 Å². The van der Waals surface area contributed by atoms with E-state index in [1.165, 1.54) is 0 Å². The molecule has 78 valence electrons. The Hall–Kier alpha value is -0.840. The van der Waals surface area contributed by atoms with Crippen LogP contribution >= 0.6 is 15.9 Å². The van der Waals surface area contributed by atoms with Crippen molar-refractivity contribution in [1.82, 2.24) is 9.97 Å². The van der Waals surface area contributed by atoms with Crippen LogP contribution in [0.4, 0.5) is 0 Å². The first-order valence-electron chi connectivity index (χ1n) is 4.58. The van der Waals surface area contributed by atoms with E-state index in [-0.39, 0.29) is 6.42 Å². The number of carbonyl (C=O) groups is 1. The molecule has 0 bridgehead atoms. The van der Waals surface area contributed by atoms with E-state index < -0.39 is 5.97 Å². The lowest BCUT2D eigenvalue weighted by molar-refractivity contribution is -0.137. The van der Waals surface area contributed by atoms with Crippen molar-refractivity contribution in [2.45, 2.75) is 32.6 Å². The molecule has 0 aliphatic rings. The summed E-state index contributed by atoms with van der Waals surface area (Å²) in [5.74, 6) is -0.0581. The molecule has 0 aromatic carbocycles. The first kappa shape index (κ1) is 11.2. The SMILES string of the molecule is CCCc1[nH]c(CCC(=O)O)nc1Br. The minimum absolute atomic E-state index is 0.117. The summed E-state index contributed by atoms with van der Waals surface area (Å²) in [6.45, 7) is 2.09. The number of aliphatic carboxylic acids is 1. The van der Waals surface area contributed by atoms with Crippen LogP contribution < -0.4 is 0 Å². The van der Waals surface area contributed by atoms with Crippen LogP contribution in [0.1, 0.15) is 31.3 Å². The van der Waals surface area contributed by atoms with Crippen LogP contribution in [0.25, 0.3) is 0 Å². The number of H-pyrrole nitrogens is 1. The van der Waals surface area contributed by atoms with Crippen LogP contribution in [0.2, 0.25) is 0 Å². The Kier molecular flexibility index (Phi) is 4.13. The Morgan fingerprint density at radius 2 is 2.29 bits per heavy atom. The highest BCUT2D eigenvalue weighted by molar-refractivity contribution is 9.10. The number of hydrogen-bond acceptors (Lipinski definition) is 2. The lowest BCUT2D eigenvalue weighted by atomic mass is 10.3. The first-order valence-corrected chi connectivity index (χ1v) is 5.37. The van der Waals surface area contributed by atoms with Gasteiger partial charge in [0.2, 0.25) is 0 Å². The number of hydrogen-bond donors (Lipinski definition) is 2. The largest absolute Gasteiger partial charge is 0.481 e. The topological polar surface area (TPSA) is 66.0 Å². The minimum atomic E-state index is -0.797. The molecular formula is C9H13BrN2O2. The van der Waals surface area contributed by atoms with Gasteiger partial charge < -0.3 is 10.1 Å². The van der Waals surface area contributed by atoms with Crippen molar-refractivity contribution in [2.24, 2.45) is 0 Å². The number of imidazole rings is 1. The minimum Gasteiger partial charge on any atom is -0.481 e. The second-order valence-corrected chi connectivity index (χ2v) is 3.85. The zero-order chi connectivity index (χ0) is 10.6. The lowest BCUT2D eigenvalue weighted by Crippen LogP contribution is -1.98. The highest BCUT2D eigenvalue weighted by Gasteiger charge is 2.07. The summed E-state index contributed by atoms with van der Waals surface area (Å²) in [7, 11) is 0. The molecule has 1 heterocycles. The maximum atomic E-state index is 10.3. The predicted molar refractivity (Wildman–Crippen MR) is 56.2 cm³/mol. The average molecular weight is 261 g/mol. The molecule has 0 saturated heterocycles. The van der Waals surface area contributed by atoms with Gasteiger partial charge in [-0.2, -0.15) is 0 Å². The average Bonchev–Trinajstić information content (AvgIpc) is 2.45. The van der Waals surface area contributed by atoms with E-state index in [2.05, 4.69) is 32.8 Å². The van der Waals surface area contributed by atoms with Gasteiger partial charge in [-0.15, -0.1) is 0 Å². The van der Waals surface area contributed by atoms with Crippen molar-refractivity contribution in [3.8, 4) is 0 Å². The van der Waals surface area contributed by atoms with Crippen molar-refractivity contribution in [2.75, 3.05) is 0 Å². The van der Waals surface area contributed by atoms with E-state index in [0.29, 0.717) is 6.42 Å². The number of aryl methyl sites for hydroxylation is 2. The van der Waals surface area contributed by atoms with Crippen LogP contribution in [-0.4, -0.2) is 21.0 Å². The number of carboxylic acid groups (broad SMARTS) is 1. The van der Waals surface area contributed by atoms with Gasteiger partial charge in [-0.25, -0.2) is 4.98 Å². The maximum Gasteiger partial charge on any atom is 0.303 e. The van der Waals surface area contributed by atoms with Gasteiger partial charge in [0, 0.05) is 12.1 Å². The molecule has 5 heteroatoms. The molecule has 0 amide bonds. The van der Waals surface area contributed by atoms with Crippen molar-refractivity contribution in [1.29, 1.82) is 0 Å². The number of halogens is 1. The Morgan fingerprint density at radius 1 is 1.57 bits per heavy atom. The smallest absolute Gasteiger partial charge is 0.303 e. The summed E-state index contributed by atoms with van der Waals surface area (Å²) in [4.78, 5) is 17.7. The summed E-state index contributed by atoms with van der Waals surface area (Å²) in [6, 6.07) is 0. The molecule has 0 unspecified atom stereocenters. The van der Waals surface area contributed by atoms with Crippen molar-refractivity contribution >= 4 is 21.9 Å². The van der Waals surface area contributed by atoms with E-state index >= 15 is 0 Å². The molecule has 0 spiro atoms. The summed E-state index contributed by atoms with van der Waals surface area (Å²) in [6.07, 6.45) is 2.54. The molecule has 0 atom stereocenters. The number of rotatable bonds is 5. The Balaban J connectivity index is 2.61. The summed E-state index contributed by atoms with van der Waals surface area (Å²) < 4.78 is 0.805. The second-order valence-electron chi connectivity index (χ2n) is 3.10. The second kappa shape index (κ2) is 5.14. The molecule has 0 aliphatic carbocycles. The van der Waals surface area contributed by atoms with Crippen LogP contribution in [0.15, 0.2) is 4.60 Å². The normalized spacial score (nSPS) is 10.4. The number of aromatic nitrogens is 2. The number of carboxylic acids is 1. The molecule has 0 saturated carbocycles. The molecule has 1 aromatic rings. The monoisotopic (exact) mass is 260 g/mol. The third-order valence-corrected chi connectivity index (χ3v) is 2.51. The number of nitrogens with one attached hydrogen (secondary N) is 1. The van der Waals surface area contributed by atoms with Gasteiger partial charge in [0.15, 0.2) is 0 Å². The number of aromatic amines is 1. The van der Waals surface area contributed by atoms with Crippen LogP contribution in [0.3, 0.4) is 0 Å². The molecule has 4 nitrogen and oxygen atoms in total. The van der Waals surface area contributed by atoms with Gasteiger partial charge in [-0.1, -0.05) is 13.3 Å². The molecular weight excluding hydrogens is 248 g/mol. The van der Waals surface area contributed by atoms with Gasteiger partial charge in [0.05, 0.1) is 6.42 Å². The van der Waals surface area contributed by atoms with Crippen molar-refractivity contribution in [3.05, 3.63) is 16.1 Å². The third-order valence-electron chi connectivity index (χ3n) is 1.85. The third kappa shape index (κ3) is 3.14. The fraction of sp³-hybridized carbons (Fsp3) is 0.556. The summed E-state index contributed by atoms with van der Waals surface area (Å²) >= 11 is 3.34. The van der Waals surface area contributed by atoms with E-state index in [1.807, 2.05) is 0 Å². The zero-order valence-corrected chi connectivity index (χ0v) is 9.60. The molecule has 0 aliphatic heterocycles. The van der Waals surface area contributed by atoms with Crippen LogP contribution in [-0.2, 0) is 17.6 Å². The molecule has 2 N–H and O–H groups in total. The Bertz CT molecular complexity index is 323. The maximum absolute atomic E-state index is 10.3. The lowest BCUT2D eigenvalue weighted by Gasteiger charge is -1.93. The van der Waals surface area contributed by atoms with Gasteiger partial charge in [0.1, 0.15) is 10.4 Å². The fourth-order valence-corrected chi connectivity index (χ4v) is 1.71. The molecule has 0 fully saturated rings. The molecule has 1 aromatic heterocycles. The van der Waals surface area contributed by atoms with E-state index in [1.54, 1.807) is 0 Å². The summed E-state index contributed by atoms with van der Waals surface area (Å²) in [5, 5.41) is 8.50. The zero-order valence-electron chi connectivity index (χ0n) is 8.01. The standard InChI is InChI=1S/C9H13BrN2O2/c1-2-3-6-9(10)12-7(11-6)4-5-8(13)14/h2-5H2,1H3,(H,11,12)(H,13,14). The van der Waals surface area contributed by atoms with Gasteiger partial charge in [0.25, 0.3) is 0 Å². The highest BCUT2D eigenvalue weighted by atomic mass is 79.9. The first-order chi connectivity index (χ1) is 6.63. The molecule has 0 radical (unpaired) electrons. The molecule has 14 heavy (non-hydrogen) atoms. The van der Waals surface area contributed by atoms with Crippen molar-refractivity contribution in [3.63, 3.8) is 0 Å². The van der Waals surface area contributed by atoms with Crippen LogP contribution in [0, 0.1) is 0 Å². The van der Waals surface area contributed by atoms with Gasteiger partial charge in [-0.05, 0) is 22.4 Å². The van der Waals surface area contributed by atoms with Gasteiger partial charge >= 0.3 is 5.97 Å². The molecule has 1 rings (SSSR count). The van der Waals surface area contributed by atoms with Gasteiger partial charge in [-0.3, -0.25) is 4.79 Å². The van der Waals surface area contributed by atoms with E-state index in [9.17, 15) is 4.79 Å². The van der Waals surface area contributed by atoms with E-state index in [0.717, 1.165) is 29.0 Å². The Morgan fingerprint density at radius 3 is 2.86 bits per heavy atom. The predicted octanol–water partition coefficient (Wildman–Crippen LogP) is 2.14. The van der Waals surface area contributed by atoms with Crippen molar-refractivity contribution < 1.29 is 9.90 Å². The fourth-order valence-electron chi connectivity index (χ4n) is 1.20. The Labute approximate surface area is 90.9 Å². The quantitative estimate of drug-likeness (QED) is 0.853. The summed E-state index contributed by atoms with van der Waals surface area (Å²) in [5.41, 5.74) is 1.05. The number of nitrogens with zero attached hydrogens (tertiary/aromatic N) is 1. The van der Waals surface area contributed by atoms with Crippen LogP contribution in [0.5, 0.6) is 0 Å².